The molecule has 2 aromatic heterocycles. The molecule has 4 rings (SSSR count). The van der Waals surface area contributed by atoms with E-state index in [-0.39, 0.29) is 0 Å². The Morgan fingerprint density at radius 1 is 1.10 bits per heavy atom. The van der Waals surface area contributed by atoms with Gasteiger partial charge in [-0.15, -0.1) is 0 Å². The highest BCUT2D eigenvalue weighted by Gasteiger charge is 2.22. The molecule has 106 valence electrons. The van der Waals surface area contributed by atoms with Crippen LogP contribution in [-0.4, -0.2) is 20.3 Å². The highest BCUT2D eigenvalue weighted by molar-refractivity contribution is 5.55. The molecule has 0 aliphatic heterocycles. The van der Waals surface area contributed by atoms with Gasteiger partial charge in [0.15, 0.2) is 5.69 Å². The van der Waals surface area contributed by atoms with Gasteiger partial charge in [-0.25, -0.2) is 4.98 Å². The summed E-state index contributed by atoms with van der Waals surface area (Å²) in [5.41, 5.74) is 3.20. The Morgan fingerprint density at radius 2 is 1.95 bits per heavy atom. The molecule has 5 nitrogen and oxygen atoms in total. The molecule has 1 N–H and O–H groups in total. The van der Waals surface area contributed by atoms with Crippen LogP contribution in [0.4, 0.5) is 0 Å². The number of nitrogens with zero attached hydrogens (tertiary/aromatic N) is 3. The van der Waals surface area contributed by atoms with Gasteiger partial charge < -0.3 is 4.52 Å². The highest BCUT2D eigenvalue weighted by atomic mass is 16.5. The first-order valence-corrected chi connectivity index (χ1v) is 7.33. The quantitative estimate of drug-likeness (QED) is 0.801. The van der Waals surface area contributed by atoms with E-state index in [4.69, 9.17) is 4.52 Å². The van der Waals surface area contributed by atoms with Crippen molar-refractivity contribution >= 4 is 0 Å². The Kier molecular flexibility index (Phi) is 3.03. The Morgan fingerprint density at radius 3 is 2.86 bits per heavy atom. The molecule has 0 atom stereocenters. The zero-order chi connectivity index (χ0) is 14.1. The van der Waals surface area contributed by atoms with Crippen LogP contribution in [0.25, 0.3) is 11.5 Å². The van der Waals surface area contributed by atoms with E-state index >= 15 is 0 Å². The average molecular weight is 280 g/mol. The zero-order valence-electron chi connectivity index (χ0n) is 11.7. The van der Waals surface area contributed by atoms with Crippen LogP contribution < -0.4 is 0 Å². The first kappa shape index (κ1) is 12.3. The number of rotatable bonds is 3. The second-order valence-electron chi connectivity index (χ2n) is 5.41. The first-order chi connectivity index (χ1) is 10.4. The van der Waals surface area contributed by atoms with Crippen molar-refractivity contribution in [2.45, 2.75) is 32.1 Å². The lowest BCUT2D eigenvalue weighted by molar-refractivity contribution is 0.373. The maximum Gasteiger partial charge on any atom is 0.203 e. The molecule has 1 aromatic carbocycles. The summed E-state index contributed by atoms with van der Waals surface area (Å²) >= 11 is 0. The number of hydrogen-bond donors (Lipinski definition) is 1. The van der Waals surface area contributed by atoms with Gasteiger partial charge in [0.05, 0.1) is 0 Å². The largest absolute Gasteiger partial charge is 0.360 e. The smallest absolute Gasteiger partial charge is 0.203 e. The van der Waals surface area contributed by atoms with Crippen molar-refractivity contribution in [1.29, 1.82) is 0 Å². The third kappa shape index (κ3) is 2.35. The number of hydrogen-bond acceptors (Lipinski definition) is 4. The standard InChI is InChI=1S/C16H16N4O/c1-2-6-11(7-3-1)10-14-17-16(19-18-14)15-12-8-4-5-9-13(12)21-20-15/h1-3,6-7H,4-5,8-10H2,(H,17,18,19). The number of aryl methyl sites for hydroxylation is 1. The van der Waals surface area contributed by atoms with E-state index in [1.807, 2.05) is 18.2 Å². The van der Waals surface area contributed by atoms with Crippen LogP contribution in [0, 0.1) is 0 Å². The molecule has 0 unspecified atom stereocenters. The van der Waals surface area contributed by atoms with Gasteiger partial charge in [-0.3, -0.25) is 5.10 Å². The summed E-state index contributed by atoms with van der Waals surface area (Å²) in [6.45, 7) is 0. The molecule has 2 heterocycles. The van der Waals surface area contributed by atoms with Crippen molar-refractivity contribution in [3.63, 3.8) is 0 Å². The van der Waals surface area contributed by atoms with Gasteiger partial charge in [0.1, 0.15) is 11.6 Å². The minimum Gasteiger partial charge on any atom is -0.360 e. The number of nitrogens with one attached hydrogen (secondary N) is 1. The summed E-state index contributed by atoms with van der Waals surface area (Å²) in [7, 11) is 0. The monoisotopic (exact) mass is 280 g/mol. The SMILES string of the molecule is c1ccc(Cc2nc(-c3noc4c3CCCC4)n[nH]2)cc1. The van der Waals surface area contributed by atoms with Crippen molar-refractivity contribution in [3.05, 3.63) is 53.0 Å². The molecule has 0 bridgehead atoms. The average Bonchev–Trinajstić information content (AvgIpc) is 3.14. The van der Waals surface area contributed by atoms with Crippen LogP contribution in [0.15, 0.2) is 34.9 Å². The molecule has 0 saturated heterocycles. The van der Waals surface area contributed by atoms with Crippen LogP contribution in [0.5, 0.6) is 0 Å². The van der Waals surface area contributed by atoms with Crippen LogP contribution in [-0.2, 0) is 19.3 Å². The van der Waals surface area contributed by atoms with Crippen molar-refractivity contribution in [2.75, 3.05) is 0 Å². The number of aromatic amines is 1. The number of benzene rings is 1. The van der Waals surface area contributed by atoms with Crippen molar-refractivity contribution in [2.24, 2.45) is 0 Å². The van der Waals surface area contributed by atoms with Gasteiger partial charge in [0.25, 0.3) is 0 Å². The van der Waals surface area contributed by atoms with Crippen molar-refractivity contribution in [3.8, 4) is 11.5 Å². The summed E-state index contributed by atoms with van der Waals surface area (Å²) < 4.78 is 5.43. The summed E-state index contributed by atoms with van der Waals surface area (Å²) in [6.07, 6.45) is 5.09. The van der Waals surface area contributed by atoms with Crippen molar-refractivity contribution in [1.82, 2.24) is 20.3 Å². The van der Waals surface area contributed by atoms with Crippen molar-refractivity contribution < 1.29 is 4.52 Å². The van der Waals surface area contributed by atoms with Gasteiger partial charge in [-0.2, -0.15) is 5.10 Å². The van der Waals surface area contributed by atoms with Gasteiger partial charge in [0, 0.05) is 18.4 Å². The maximum atomic E-state index is 5.43. The molecule has 0 fully saturated rings. The van der Waals surface area contributed by atoms with E-state index in [1.165, 1.54) is 24.0 Å². The van der Waals surface area contributed by atoms with Gasteiger partial charge in [-0.1, -0.05) is 35.5 Å². The van der Waals surface area contributed by atoms with Gasteiger partial charge in [0.2, 0.25) is 5.82 Å². The lowest BCUT2D eigenvalue weighted by Crippen LogP contribution is -2.00. The van der Waals surface area contributed by atoms with Crippen LogP contribution in [0.1, 0.15) is 35.6 Å². The third-order valence-corrected chi connectivity index (χ3v) is 3.91. The predicted octanol–water partition coefficient (Wildman–Crippen LogP) is 2.93. The molecular weight excluding hydrogens is 264 g/mol. The molecule has 1 aliphatic rings. The number of H-pyrrole nitrogens is 1. The second kappa shape index (κ2) is 5.16. The minimum absolute atomic E-state index is 0.646. The molecular formula is C16H16N4O. The summed E-state index contributed by atoms with van der Waals surface area (Å²) in [5.74, 6) is 2.50. The predicted molar refractivity (Wildman–Crippen MR) is 77.8 cm³/mol. The molecule has 0 saturated carbocycles. The van der Waals surface area contributed by atoms with Crippen LogP contribution in [0.3, 0.4) is 0 Å². The summed E-state index contributed by atoms with van der Waals surface area (Å²) in [5, 5.41) is 11.5. The topological polar surface area (TPSA) is 67.6 Å². The lowest BCUT2D eigenvalue weighted by atomic mass is 9.96. The van der Waals surface area contributed by atoms with E-state index < -0.39 is 0 Å². The number of aromatic nitrogens is 4. The molecule has 1 aliphatic carbocycles. The number of fused-ring (bicyclic) bond motifs is 1. The zero-order valence-corrected chi connectivity index (χ0v) is 11.7. The summed E-state index contributed by atoms with van der Waals surface area (Å²) in [6, 6.07) is 10.2. The Hall–Kier alpha value is -2.43. The molecule has 0 spiro atoms. The van der Waals surface area contributed by atoms with Crippen LogP contribution in [0.2, 0.25) is 0 Å². The highest BCUT2D eigenvalue weighted by Crippen LogP contribution is 2.29. The van der Waals surface area contributed by atoms with Gasteiger partial charge >= 0.3 is 0 Å². The van der Waals surface area contributed by atoms with Gasteiger partial charge in [-0.05, 0) is 24.8 Å². The van der Waals surface area contributed by atoms with E-state index in [1.54, 1.807) is 0 Å². The fraction of sp³-hybridized carbons (Fsp3) is 0.312. The normalized spacial score (nSPS) is 14.1. The fourth-order valence-electron chi connectivity index (χ4n) is 2.83. The van der Waals surface area contributed by atoms with Crippen LogP contribution >= 0.6 is 0 Å². The Balaban J connectivity index is 1.61. The maximum absolute atomic E-state index is 5.43. The Bertz CT molecular complexity index is 745. The van der Waals surface area contributed by atoms with E-state index in [0.717, 1.165) is 36.5 Å². The van der Waals surface area contributed by atoms with E-state index in [0.29, 0.717) is 5.82 Å². The summed E-state index contributed by atoms with van der Waals surface area (Å²) in [4.78, 5) is 4.57. The van der Waals surface area contributed by atoms with E-state index in [2.05, 4.69) is 32.5 Å². The molecule has 0 amide bonds. The lowest BCUT2D eigenvalue weighted by Gasteiger charge is -2.07. The molecule has 3 aromatic rings. The first-order valence-electron chi connectivity index (χ1n) is 7.33. The third-order valence-electron chi connectivity index (χ3n) is 3.91. The minimum atomic E-state index is 0.646. The molecule has 5 heteroatoms. The second-order valence-corrected chi connectivity index (χ2v) is 5.41. The molecule has 21 heavy (non-hydrogen) atoms. The molecule has 0 radical (unpaired) electrons. The fourth-order valence-corrected chi connectivity index (χ4v) is 2.83. The Labute approximate surface area is 122 Å². The van der Waals surface area contributed by atoms with E-state index in [9.17, 15) is 0 Å².